The number of carbonyl (C=O) groups is 2. The molecular weight excluding hydrogens is 352 g/mol. The fourth-order valence-electron chi connectivity index (χ4n) is 3.77. The number of amides is 2. The van der Waals surface area contributed by atoms with Gasteiger partial charge in [-0.3, -0.25) is 9.59 Å². The molecule has 6 heteroatoms. The summed E-state index contributed by atoms with van der Waals surface area (Å²) >= 11 is 0. The Hall–Kier alpha value is -2.89. The number of hydrogen-bond acceptors (Lipinski definition) is 4. The molecule has 0 bridgehead atoms. The SMILES string of the molecule is Cc1cc(C)c(NC(=O)C(=O)NCC2CCN(c3ccccn3)CC2)c(C)c1. The zero-order valence-corrected chi connectivity index (χ0v) is 16.8. The van der Waals surface area contributed by atoms with Crippen molar-refractivity contribution in [3.63, 3.8) is 0 Å². The molecule has 1 aliphatic heterocycles. The van der Waals surface area contributed by atoms with Gasteiger partial charge in [-0.1, -0.05) is 23.8 Å². The van der Waals surface area contributed by atoms with Gasteiger partial charge in [0.1, 0.15) is 5.82 Å². The monoisotopic (exact) mass is 380 g/mol. The van der Waals surface area contributed by atoms with Gasteiger partial charge in [-0.15, -0.1) is 0 Å². The lowest BCUT2D eigenvalue weighted by atomic mass is 9.97. The number of piperidine rings is 1. The molecule has 2 amide bonds. The van der Waals surface area contributed by atoms with E-state index in [1.54, 1.807) is 6.20 Å². The van der Waals surface area contributed by atoms with E-state index in [9.17, 15) is 9.59 Å². The molecule has 0 atom stereocenters. The minimum Gasteiger partial charge on any atom is -0.357 e. The third-order valence-corrected chi connectivity index (χ3v) is 5.26. The minimum absolute atomic E-state index is 0.375. The van der Waals surface area contributed by atoms with Crippen molar-refractivity contribution in [2.75, 3.05) is 29.9 Å². The van der Waals surface area contributed by atoms with E-state index in [1.165, 1.54) is 0 Å². The maximum absolute atomic E-state index is 12.3. The number of pyridine rings is 1. The van der Waals surface area contributed by atoms with Crippen LogP contribution in [0.1, 0.15) is 29.5 Å². The molecule has 3 rings (SSSR count). The lowest BCUT2D eigenvalue weighted by Gasteiger charge is -2.32. The van der Waals surface area contributed by atoms with Crippen molar-refractivity contribution in [1.82, 2.24) is 10.3 Å². The first-order valence-corrected chi connectivity index (χ1v) is 9.77. The maximum atomic E-state index is 12.3. The van der Waals surface area contributed by atoms with Crippen LogP contribution in [0.15, 0.2) is 36.5 Å². The van der Waals surface area contributed by atoms with Crippen molar-refractivity contribution in [3.05, 3.63) is 53.2 Å². The largest absolute Gasteiger partial charge is 0.357 e. The Labute approximate surface area is 166 Å². The summed E-state index contributed by atoms with van der Waals surface area (Å²) < 4.78 is 0. The Balaban J connectivity index is 1.46. The lowest BCUT2D eigenvalue weighted by molar-refractivity contribution is -0.136. The van der Waals surface area contributed by atoms with E-state index in [1.807, 2.05) is 51.1 Å². The first-order valence-electron chi connectivity index (χ1n) is 9.77. The van der Waals surface area contributed by atoms with Crippen LogP contribution in [0.5, 0.6) is 0 Å². The van der Waals surface area contributed by atoms with Crippen LogP contribution in [-0.2, 0) is 9.59 Å². The molecule has 1 aliphatic rings. The summed E-state index contributed by atoms with van der Waals surface area (Å²) in [6, 6.07) is 9.91. The molecule has 1 fully saturated rings. The molecule has 28 heavy (non-hydrogen) atoms. The molecule has 0 aliphatic carbocycles. The lowest BCUT2D eigenvalue weighted by Crippen LogP contribution is -2.42. The predicted octanol–water partition coefficient (Wildman–Crippen LogP) is 2.98. The average Bonchev–Trinajstić information content (AvgIpc) is 2.69. The van der Waals surface area contributed by atoms with Crippen molar-refractivity contribution in [2.45, 2.75) is 33.6 Å². The first-order chi connectivity index (χ1) is 13.4. The predicted molar refractivity (Wildman–Crippen MR) is 111 cm³/mol. The molecule has 2 aromatic rings. The van der Waals surface area contributed by atoms with Crippen molar-refractivity contribution >= 4 is 23.3 Å². The molecule has 0 spiro atoms. The van der Waals surface area contributed by atoms with Gasteiger partial charge in [-0.05, 0) is 62.8 Å². The van der Waals surface area contributed by atoms with E-state index in [0.29, 0.717) is 12.5 Å². The van der Waals surface area contributed by atoms with E-state index in [4.69, 9.17) is 0 Å². The summed E-state index contributed by atoms with van der Waals surface area (Å²) in [4.78, 5) is 31.1. The Bertz CT molecular complexity index is 820. The second-order valence-electron chi connectivity index (χ2n) is 7.56. The van der Waals surface area contributed by atoms with Crippen LogP contribution in [0.3, 0.4) is 0 Å². The van der Waals surface area contributed by atoms with Crippen LogP contribution in [0.4, 0.5) is 11.5 Å². The summed E-state index contributed by atoms with van der Waals surface area (Å²) in [5.74, 6) is 0.181. The first kappa shape index (κ1) is 19.9. The third-order valence-electron chi connectivity index (χ3n) is 5.26. The quantitative estimate of drug-likeness (QED) is 0.800. The minimum atomic E-state index is -0.610. The number of carbonyl (C=O) groups excluding carboxylic acids is 2. The maximum Gasteiger partial charge on any atom is 0.313 e. The van der Waals surface area contributed by atoms with Gasteiger partial charge in [0.2, 0.25) is 0 Å². The number of nitrogens with one attached hydrogen (secondary N) is 2. The van der Waals surface area contributed by atoms with Crippen LogP contribution in [0, 0.1) is 26.7 Å². The summed E-state index contributed by atoms with van der Waals surface area (Å²) in [6.45, 7) is 8.22. The number of benzene rings is 1. The second-order valence-corrected chi connectivity index (χ2v) is 7.56. The van der Waals surface area contributed by atoms with Gasteiger partial charge in [-0.2, -0.15) is 0 Å². The normalized spacial score (nSPS) is 14.6. The second kappa shape index (κ2) is 8.87. The summed E-state index contributed by atoms with van der Waals surface area (Å²) in [5.41, 5.74) is 3.77. The summed E-state index contributed by atoms with van der Waals surface area (Å²) in [6.07, 6.45) is 3.74. The van der Waals surface area contributed by atoms with E-state index >= 15 is 0 Å². The Morgan fingerprint density at radius 3 is 2.36 bits per heavy atom. The molecular formula is C22H28N4O2. The summed E-state index contributed by atoms with van der Waals surface area (Å²) in [5, 5.41) is 5.55. The van der Waals surface area contributed by atoms with Crippen molar-refractivity contribution in [3.8, 4) is 0 Å². The summed E-state index contributed by atoms with van der Waals surface area (Å²) in [7, 11) is 0. The molecule has 2 N–H and O–H groups in total. The van der Waals surface area contributed by atoms with Gasteiger partial charge in [0, 0.05) is 31.5 Å². The molecule has 1 aromatic carbocycles. The molecule has 0 radical (unpaired) electrons. The van der Waals surface area contributed by atoms with Crippen LogP contribution in [-0.4, -0.2) is 36.4 Å². The van der Waals surface area contributed by atoms with Gasteiger partial charge in [0.15, 0.2) is 0 Å². The van der Waals surface area contributed by atoms with Crippen LogP contribution in [0.2, 0.25) is 0 Å². The number of nitrogens with zero attached hydrogens (tertiary/aromatic N) is 2. The Morgan fingerprint density at radius 1 is 1.07 bits per heavy atom. The molecule has 148 valence electrons. The molecule has 2 heterocycles. The van der Waals surface area contributed by atoms with Crippen molar-refractivity contribution in [2.24, 2.45) is 5.92 Å². The standard InChI is InChI=1S/C22H28N4O2/c1-15-12-16(2)20(17(3)13-15)25-22(28)21(27)24-14-18-7-10-26(11-8-18)19-6-4-5-9-23-19/h4-6,9,12-13,18H,7-8,10-11,14H2,1-3H3,(H,24,27)(H,25,28). The zero-order chi connectivity index (χ0) is 20.1. The zero-order valence-electron chi connectivity index (χ0n) is 16.8. The smallest absolute Gasteiger partial charge is 0.313 e. The number of aromatic nitrogens is 1. The molecule has 0 saturated carbocycles. The van der Waals surface area contributed by atoms with E-state index in [-0.39, 0.29) is 0 Å². The van der Waals surface area contributed by atoms with Gasteiger partial charge in [0.25, 0.3) is 0 Å². The van der Waals surface area contributed by atoms with Crippen molar-refractivity contribution < 1.29 is 9.59 Å². The fourth-order valence-corrected chi connectivity index (χ4v) is 3.77. The van der Waals surface area contributed by atoms with Crippen LogP contribution in [0.25, 0.3) is 0 Å². The molecule has 0 unspecified atom stereocenters. The van der Waals surface area contributed by atoms with Gasteiger partial charge in [0.05, 0.1) is 0 Å². The van der Waals surface area contributed by atoms with Gasteiger partial charge < -0.3 is 15.5 Å². The molecule has 1 saturated heterocycles. The third kappa shape index (κ3) is 4.88. The van der Waals surface area contributed by atoms with E-state index < -0.39 is 11.8 Å². The Morgan fingerprint density at radius 2 is 1.75 bits per heavy atom. The highest BCUT2D eigenvalue weighted by Gasteiger charge is 2.22. The Kier molecular flexibility index (Phi) is 6.29. The number of rotatable bonds is 4. The van der Waals surface area contributed by atoms with E-state index in [0.717, 1.165) is 54.1 Å². The highest BCUT2D eigenvalue weighted by molar-refractivity contribution is 6.39. The number of aryl methyl sites for hydroxylation is 3. The topological polar surface area (TPSA) is 74.3 Å². The van der Waals surface area contributed by atoms with Crippen molar-refractivity contribution in [1.29, 1.82) is 0 Å². The molecule has 6 nitrogen and oxygen atoms in total. The van der Waals surface area contributed by atoms with Crippen LogP contribution < -0.4 is 15.5 Å². The highest BCUT2D eigenvalue weighted by atomic mass is 16.2. The van der Waals surface area contributed by atoms with E-state index in [2.05, 4.69) is 20.5 Å². The van der Waals surface area contributed by atoms with Gasteiger partial charge >= 0.3 is 11.8 Å². The number of hydrogen-bond donors (Lipinski definition) is 2. The molecule has 1 aromatic heterocycles. The fraction of sp³-hybridized carbons (Fsp3) is 0.409. The van der Waals surface area contributed by atoms with Gasteiger partial charge in [-0.25, -0.2) is 4.98 Å². The van der Waals surface area contributed by atoms with Crippen LogP contribution >= 0.6 is 0 Å². The average molecular weight is 380 g/mol. The highest BCUT2D eigenvalue weighted by Crippen LogP contribution is 2.22. The number of anilines is 2.